The molecule has 0 aliphatic carbocycles. The van der Waals surface area contributed by atoms with Crippen LogP contribution in [-0.4, -0.2) is 12.6 Å². The van der Waals surface area contributed by atoms with Gasteiger partial charge in [0.2, 0.25) is 0 Å². The average molecular weight is 304 g/mol. The van der Waals surface area contributed by atoms with Crippen molar-refractivity contribution in [2.45, 2.75) is 33.4 Å². The SMILES string of the molecule is CCOc1ccccc1-c1ccc(Cl)cc1CNC(C)C. The molecule has 3 heteroatoms. The van der Waals surface area contributed by atoms with E-state index < -0.39 is 0 Å². The summed E-state index contributed by atoms with van der Waals surface area (Å²) in [6, 6.07) is 14.6. The third kappa shape index (κ3) is 4.23. The van der Waals surface area contributed by atoms with Gasteiger partial charge in [0.25, 0.3) is 0 Å². The highest BCUT2D eigenvalue weighted by Gasteiger charge is 2.11. The van der Waals surface area contributed by atoms with Crippen LogP contribution in [0.5, 0.6) is 5.75 Å². The zero-order valence-corrected chi connectivity index (χ0v) is 13.6. The van der Waals surface area contributed by atoms with Crippen LogP contribution in [-0.2, 0) is 6.54 Å². The van der Waals surface area contributed by atoms with Gasteiger partial charge in [-0.2, -0.15) is 0 Å². The molecule has 2 nitrogen and oxygen atoms in total. The summed E-state index contributed by atoms with van der Waals surface area (Å²) in [5.41, 5.74) is 3.46. The van der Waals surface area contributed by atoms with Crippen molar-refractivity contribution in [3.8, 4) is 16.9 Å². The van der Waals surface area contributed by atoms with Crippen LogP contribution >= 0.6 is 11.6 Å². The second kappa shape index (κ2) is 7.48. The summed E-state index contributed by atoms with van der Waals surface area (Å²) in [6.07, 6.45) is 0. The Morgan fingerprint density at radius 1 is 1.10 bits per heavy atom. The fraction of sp³-hybridized carbons (Fsp3) is 0.333. The first-order valence-electron chi connectivity index (χ1n) is 7.35. The number of hydrogen-bond donors (Lipinski definition) is 1. The van der Waals surface area contributed by atoms with Crippen molar-refractivity contribution in [3.05, 3.63) is 53.1 Å². The Morgan fingerprint density at radius 2 is 1.86 bits per heavy atom. The Kier molecular flexibility index (Phi) is 5.66. The Hall–Kier alpha value is -1.51. The van der Waals surface area contributed by atoms with Crippen molar-refractivity contribution in [3.63, 3.8) is 0 Å². The van der Waals surface area contributed by atoms with E-state index in [1.807, 2.05) is 37.3 Å². The third-order valence-corrected chi connectivity index (χ3v) is 3.48. The molecule has 0 fully saturated rings. The molecule has 0 atom stereocenters. The van der Waals surface area contributed by atoms with Crippen LogP contribution in [0.25, 0.3) is 11.1 Å². The molecule has 0 amide bonds. The zero-order chi connectivity index (χ0) is 15.2. The summed E-state index contributed by atoms with van der Waals surface area (Å²) in [5, 5.41) is 4.21. The standard InChI is InChI=1S/C18H22ClNO/c1-4-21-18-8-6-5-7-17(18)16-10-9-15(19)11-14(16)12-20-13(2)3/h5-11,13,20H,4,12H2,1-3H3. The van der Waals surface area contributed by atoms with Gasteiger partial charge in [0.1, 0.15) is 5.75 Å². The summed E-state index contributed by atoms with van der Waals surface area (Å²) in [4.78, 5) is 0. The van der Waals surface area contributed by atoms with Crippen LogP contribution in [0, 0.1) is 0 Å². The van der Waals surface area contributed by atoms with Gasteiger partial charge in [-0.1, -0.05) is 49.7 Å². The molecule has 0 aliphatic rings. The first-order valence-corrected chi connectivity index (χ1v) is 7.73. The minimum absolute atomic E-state index is 0.430. The van der Waals surface area contributed by atoms with Gasteiger partial charge in [-0.3, -0.25) is 0 Å². The largest absolute Gasteiger partial charge is 0.493 e. The minimum Gasteiger partial charge on any atom is -0.493 e. The lowest BCUT2D eigenvalue weighted by Gasteiger charge is -2.16. The van der Waals surface area contributed by atoms with Gasteiger partial charge < -0.3 is 10.1 Å². The molecule has 2 rings (SSSR count). The molecule has 0 unspecified atom stereocenters. The summed E-state index contributed by atoms with van der Waals surface area (Å²) in [5.74, 6) is 0.910. The van der Waals surface area contributed by atoms with Gasteiger partial charge in [0.15, 0.2) is 0 Å². The number of rotatable bonds is 6. The highest BCUT2D eigenvalue weighted by molar-refractivity contribution is 6.30. The van der Waals surface area contributed by atoms with Crippen LogP contribution in [0.4, 0.5) is 0 Å². The number of para-hydroxylation sites is 1. The van der Waals surface area contributed by atoms with Gasteiger partial charge in [-0.25, -0.2) is 0 Å². The first-order chi connectivity index (χ1) is 10.1. The second-order valence-electron chi connectivity index (χ2n) is 5.27. The number of halogens is 1. The van der Waals surface area contributed by atoms with E-state index in [4.69, 9.17) is 16.3 Å². The van der Waals surface area contributed by atoms with E-state index in [0.29, 0.717) is 12.6 Å². The molecule has 0 aromatic heterocycles. The fourth-order valence-corrected chi connectivity index (χ4v) is 2.45. The van der Waals surface area contributed by atoms with Crippen molar-refractivity contribution < 1.29 is 4.74 Å². The minimum atomic E-state index is 0.430. The second-order valence-corrected chi connectivity index (χ2v) is 5.70. The Balaban J connectivity index is 2.43. The topological polar surface area (TPSA) is 21.3 Å². The monoisotopic (exact) mass is 303 g/mol. The number of nitrogens with one attached hydrogen (secondary N) is 1. The van der Waals surface area contributed by atoms with E-state index in [1.165, 1.54) is 5.56 Å². The van der Waals surface area contributed by atoms with Crippen LogP contribution in [0.15, 0.2) is 42.5 Å². The number of benzene rings is 2. The van der Waals surface area contributed by atoms with E-state index in [1.54, 1.807) is 0 Å². The summed E-state index contributed by atoms with van der Waals surface area (Å²) >= 11 is 6.16. The summed E-state index contributed by atoms with van der Waals surface area (Å²) < 4.78 is 5.75. The lowest BCUT2D eigenvalue weighted by molar-refractivity contribution is 0.341. The number of ether oxygens (including phenoxy) is 1. The van der Waals surface area contributed by atoms with Crippen molar-refractivity contribution in [2.24, 2.45) is 0 Å². The predicted octanol–water partition coefficient (Wildman–Crippen LogP) is 4.90. The van der Waals surface area contributed by atoms with Gasteiger partial charge in [-0.05, 0) is 36.2 Å². The smallest absolute Gasteiger partial charge is 0.127 e. The van der Waals surface area contributed by atoms with Crippen LogP contribution in [0.2, 0.25) is 5.02 Å². The van der Waals surface area contributed by atoms with Gasteiger partial charge in [0, 0.05) is 23.2 Å². The van der Waals surface area contributed by atoms with Gasteiger partial charge >= 0.3 is 0 Å². The predicted molar refractivity (Wildman–Crippen MR) is 90.0 cm³/mol. The van der Waals surface area contributed by atoms with E-state index >= 15 is 0 Å². The molecule has 2 aromatic carbocycles. The maximum atomic E-state index is 6.16. The van der Waals surface area contributed by atoms with Crippen molar-refractivity contribution in [1.82, 2.24) is 5.32 Å². The molecule has 0 bridgehead atoms. The summed E-state index contributed by atoms with van der Waals surface area (Å²) in [7, 11) is 0. The van der Waals surface area contributed by atoms with Crippen LogP contribution in [0.1, 0.15) is 26.3 Å². The van der Waals surface area contributed by atoms with Crippen LogP contribution in [0.3, 0.4) is 0 Å². The van der Waals surface area contributed by atoms with Crippen LogP contribution < -0.4 is 10.1 Å². The number of hydrogen-bond acceptors (Lipinski definition) is 2. The Bertz CT molecular complexity index is 596. The van der Waals surface area contributed by atoms with Crippen molar-refractivity contribution in [1.29, 1.82) is 0 Å². The zero-order valence-electron chi connectivity index (χ0n) is 12.8. The quantitative estimate of drug-likeness (QED) is 0.819. The Morgan fingerprint density at radius 3 is 2.57 bits per heavy atom. The highest BCUT2D eigenvalue weighted by Crippen LogP contribution is 2.33. The molecule has 112 valence electrons. The Labute approximate surface area is 132 Å². The lowest BCUT2D eigenvalue weighted by Crippen LogP contribution is -2.22. The molecule has 0 saturated heterocycles. The molecule has 0 heterocycles. The first kappa shape index (κ1) is 15.9. The van der Waals surface area contributed by atoms with E-state index in [2.05, 4.69) is 31.3 Å². The highest BCUT2D eigenvalue weighted by atomic mass is 35.5. The van der Waals surface area contributed by atoms with Gasteiger partial charge in [0.05, 0.1) is 6.61 Å². The molecule has 1 N–H and O–H groups in total. The maximum absolute atomic E-state index is 6.16. The fourth-order valence-electron chi connectivity index (χ4n) is 2.26. The van der Waals surface area contributed by atoms with E-state index in [9.17, 15) is 0 Å². The maximum Gasteiger partial charge on any atom is 0.127 e. The molecule has 21 heavy (non-hydrogen) atoms. The molecule has 0 spiro atoms. The molecule has 0 radical (unpaired) electrons. The molecule has 2 aromatic rings. The molecular formula is C18H22ClNO. The van der Waals surface area contributed by atoms with Gasteiger partial charge in [-0.15, -0.1) is 0 Å². The van der Waals surface area contributed by atoms with E-state index in [0.717, 1.165) is 28.4 Å². The van der Waals surface area contributed by atoms with Crippen molar-refractivity contribution >= 4 is 11.6 Å². The normalized spacial score (nSPS) is 10.9. The molecular weight excluding hydrogens is 282 g/mol. The van der Waals surface area contributed by atoms with Crippen molar-refractivity contribution in [2.75, 3.05) is 6.61 Å². The molecule has 0 aliphatic heterocycles. The third-order valence-electron chi connectivity index (χ3n) is 3.25. The summed E-state index contributed by atoms with van der Waals surface area (Å²) in [6.45, 7) is 7.72. The molecule has 0 saturated carbocycles. The van der Waals surface area contributed by atoms with E-state index in [-0.39, 0.29) is 0 Å². The average Bonchev–Trinajstić information content (AvgIpc) is 2.46. The lowest BCUT2D eigenvalue weighted by atomic mass is 9.98.